The SMILES string of the molecule is O=C(CO)NC1(c2ccc(Cl)cc2)CC1. The number of aliphatic hydroxyl groups is 1. The highest BCUT2D eigenvalue weighted by molar-refractivity contribution is 6.30. The molecule has 0 saturated heterocycles. The number of halogens is 1. The molecule has 3 nitrogen and oxygen atoms in total. The van der Waals surface area contributed by atoms with Gasteiger partial charge in [-0.25, -0.2) is 0 Å². The summed E-state index contributed by atoms with van der Waals surface area (Å²) < 4.78 is 0. The third kappa shape index (κ3) is 2.13. The van der Waals surface area contributed by atoms with E-state index in [1.54, 1.807) is 0 Å². The Balaban J connectivity index is 2.16. The summed E-state index contributed by atoms with van der Waals surface area (Å²) in [6, 6.07) is 7.43. The minimum Gasteiger partial charge on any atom is -0.387 e. The van der Waals surface area contributed by atoms with Crippen LogP contribution in [-0.4, -0.2) is 17.6 Å². The fraction of sp³-hybridized carbons (Fsp3) is 0.364. The molecular weight excluding hydrogens is 214 g/mol. The molecule has 0 atom stereocenters. The Morgan fingerprint density at radius 3 is 2.47 bits per heavy atom. The lowest BCUT2D eigenvalue weighted by Gasteiger charge is -2.17. The zero-order valence-corrected chi connectivity index (χ0v) is 8.92. The minimum atomic E-state index is -0.463. The van der Waals surface area contributed by atoms with E-state index in [9.17, 15) is 4.79 Å². The highest BCUT2D eigenvalue weighted by Crippen LogP contribution is 2.45. The van der Waals surface area contributed by atoms with Crippen molar-refractivity contribution < 1.29 is 9.90 Å². The summed E-state index contributed by atoms with van der Waals surface area (Å²) in [4.78, 5) is 11.1. The van der Waals surface area contributed by atoms with Crippen molar-refractivity contribution in [2.24, 2.45) is 0 Å². The van der Waals surface area contributed by atoms with Gasteiger partial charge < -0.3 is 10.4 Å². The molecule has 0 aromatic heterocycles. The number of nitrogens with one attached hydrogen (secondary N) is 1. The summed E-state index contributed by atoms with van der Waals surface area (Å²) >= 11 is 5.79. The Morgan fingerprint density at radius 1 is 1.40 bits per heavy atom. The molecule has 1 aliphatic rings. The minimum absolute atomic E-state index is 0.260. The van der Waals surface area contributed by atoms with Crippen molar-refractivity contribution in [2.45, 2.75) is 18.4 Å². The van der Waals surface area contributed by atoms with E-state index in [2.05, 4.69) is 5.32 Å². The first-order valence-electron chi connectivity index (χ1n) is 4.84. The summed E-state index contributed by atoms with van der Waals surface area (Å²) in [5.74, 6) is -0.331. The molecular formula is C11H12ClNO2. The molecule has 4 heteroatoms. The fourth-order valence-electron chi connectivity index (χ4n) is 1.69. The van der Waals surface area contributed by atoms with Crippen molar-refractivity contribution in [1.29, 1.82) is 0 Å². The second-order valence-corrected chi connectivity index (χ2v) is 4.23. The molecule has 1 aromatic carbocycles. The lowest BCUT2D eigenvalue weighted by atomic mass is 10.1. The van der Waals surface area contributed by atoms with Gasteiger partial charge in [0.2, 0.25) is 5.91 Å². The largest absolute Gasteiger partial charge is 0.387 e. The predicted molar refractivity (Wildman–Crippen MR) is 57.6 cm³/mol. The molecule has 0 aliphatic heterocycles. The van der Waals surface area contributed by atoms with Crippen LogP contribution in [0.2, 0.25) is 5.02 Å². The zero-order chi connectivity index (χ0) is 10.9. The van der Waals surface area contributed by atoms with E-state index in [1.807, 2.05) is 24.3 Å². The molecule has 15 heavy (non-hydrogen) atoms. The third-order valence-corrected chi connectivity index (χ3v) is 2.92. The summed E-state index contributed by atoms with van der Waals surface area (Å²) in [5, 5.41) is 12.2. The van der Waals surface area contributed by atoms with E-state index in [0.29, 0.717) is 5.02 Å². The first kappa shape index (κ1) is 10.5. The molecule has 2 N–H and O–H groups in total. The van der Waals surface area contributed by atoms with Crippen molar-refractivity contribution >= 4 is 17.5 Å². The van der Waals surface area contributed by atoms with Crippen LogP contribution >= 0.6 is 11.6 Å². The summed E-state index contributed by atoms with van der Waals surface area (Å²) in [7, 11) is 0. The summed E-state index contributed by atoms with van der Waals surface area (Å²) in [6.45, 7) is -0.463. The van der Waals surface area contributed by atoms with Gasteiger partial charge in [0.25, 0.3) is 0 Å². The number of amides is 1. The van der Waals surface area contributed by atoms with Crippen LogP contribution in [0.1, 0.15) is 18.4 Å². The topological polar surface area (TPSA) is 49.3 Å². The molecule has 1 saturated carbocycles. The van der Waals surface area contributed by atoms with Crippen LogP contribution in [0.5, 0.6) is 0 Å². The van der Waals surface area contributed by atoms with Gasteiger partial charge in [-0.05, 0) is 30.5 Å². The lowest BCUT2D eigenvalue weighted by molar-refractivity contribution is -0.124. The van der Waals surface area contributed by atoms with Crippen LogP contribution in [0.3, 0.4) is 0 Å². The van der Waals surface area contributed by atoms with Crippen molar-refractivity contribution in [3.8, 4) is 0 Å². The number of hydrogen-bond donors (Lipinski definition) is 2. The Bertz CT molecular complexity index is 371. The van der Waals surface area contributed by atoms with Crippen molar-refractivity contribution in [3.63, 3.8) is 0 Å². The van der Waals surface area contributed by atoms with Gasteiger partial charge in [-0.15, -0.1) is 0 Å². The summed E-state index contributed by atoms with van der Waals surface area (Å²) in [5.41, 5.74) is 0.790. The number of benzene rings is 1. The Kier molecular flexibility index (Phi) is 2.67. The smallest absolute Gasteiger partial charge is 0.246 e. The van der Waals surface area contributed by atoms with E-state index in [0.717, 1.165) is 18.4 Å². The molecule has 80 valence electrons. The van der Waals surface area contributed by atoms with Gasteiger partial charge in [-0.1, -0.05) is 23.7 Å². The molecule has 1 amide bonds. The van der Waals surface area contributed by atoms with Crippen LogP contribution in [-0.2, 0) is 10.3 Å². The molecule has 1 fully saturated rings. The van der Waals surface area contributed by atoms with Crippen molar-refractivity contribution in [3.05, 3.63) is 34.9 Å². The van der Waals surface area contributed by atoms with Gasteiger partial charge in [0.05, 0.1) is 5.54 Å². The van der Waals surface area contributed by atoms with Crippen molar-refractivity contribution in [2.75, 3.05) is 6.61 Å². The van der Waals surface area contributed by atoms with Gasteiger partial charge >= 0.3 is 0 Å². The number of hydrogen-bond acceptors (Lipinski definition) is 2. The summed E-state index contributed by atoms with van der Waals surface area (Å²) in [6.07, 6.45) is 1.83. The van der Waals surface area contributed by atoms with Gasteiger partial charge in [0, 0.05) is 5.02 Å². The fourth-order valence-corrected chi connectivity index (χ4v) is 1.81. The Labute approximate surface area is 93.1 Å². The first-order valence-corrected chi connectivity index (χ1v) is 5.22. The number of rotatable bonds is 3. The average Bonchev–Trinajstić information content (AvgIpc) is 3.00. The van der Waals surface area contributed by atoms with Crippen LogP contribution in [0.4, 0.5) is 0 Å². The highest BCUT2D eigenvalue weighted by Gasteiger charge is 2.45. The standard InChI is InChI=1S/C11H12ClNO2/c12-9-3-1-8(2-4-9)11(5-6-11)13-10(15)7-14/h1-4,14H,5-7H2,(H,13,15). The van der Waals surface area contributed by atoms with Crippen LogP contribution in [0.25, 0.3) is 0 Å². The Hall–Kier alpha value is -1.06. The molecule has 0 heterocycles. The molecule has 0 bridgehead atoms. The lowest BCUT2D eigenvalue weighted by Crippen LogP contribution is -2.36. The molecule has 1 aliphatic carbocycles. The second-order valence-electron chi connectivity index (χ2n) is 3.80. The quantitative estimate of drug-likeness (QED) is 0.818. The maximum atomic E-state index is 11.1. The number of carbonyl (C=O) groups is 1. The number of aliphatic hydroxyl groups excluding tert-OH is 1. The number of carbonyl (C=O) groups excluding carboxylic acids is 1. The third-order valence-electron chi connectivity index (χ3n) is 2.67. The van der Waals surface area contributed by atoms with Gasteiger partial charge in [-0.2, -0.15) is 0 Å². The van der Waals surface area contributed by atoms with E-state index in [4.69, 9.17) is 16.7 Å². The second kappa shape index (κ2) is 3.83. The van der Waals surface area contributed by atoms with Crippen LogP contribution < -0.4 is 5.32 Å². The first-order chi connectivity index (χ1) is 7.16. The molecule has 1 aromatic rings. The maximum absolute atomic E-state index is 11.1. The predicted octanol–water partition coefficient (Wildman–Crippen LogP) is 1.44. The van der Waals surface area contributed by atoms with Gasteiger partial charge in [0.1, 0.15) is 6.61 Å². The van der Waals surface area contributed by atoms with E-state index in [1.165, 1.54) is 0 Å². The van der Waals surface area contributed by atoms with Crippen molar-refractivity contribution in [1.82, 2.24) is 5.32 Å². The normalized spacial score (nSPS) is 17.2. The van der Waals surface area contributed by atoms with Crippen LogP contribution in [0.15, 0.2) is 24.3 Å². The van der Waals surface area contributed by atoms with E-state index in [-0.39, 0.29) is 11.4 Å². The van der Waals surface area contributed by atoms with Crippen LogP contribution in [0, 0.1) is 0 Å². The zero-order valence-electron chi connectivity index (χ0n) is 8.16. The van der Waals surface area contributed by atoms with E-state index >= 15 is 0 Å². The highest BCUT2D eigenvalue weighted by atomic mass is 35.5. The van der Waals surface area contributed by atoms with Gasteiger partial charge in [-0.3, -0.25) is 4.79 Å². The maximum Gasteiger partial charge on any atom is 0.246 e. The molecule has 0 radical (unpaired) electrons. The average molecular weight is 226 g/mol. The van der Waals surface area contributed by atoms with E-state index < -0.39 is 6.61 Å². The molecule has 0 unspecified atom stereocenters. The molecule has 2 rings (SSSR count). The Morgan fingerprint density at radius 2 is 2.00 bits per heavy atom. The van der Waals surface area contributed by atoms with Gasteiger partial charge in [0.15, 0.2) is 0 Å². The molecule has 0 spiro atoms. The monoisotopic (exact) mass is 225 g/mol.